The van der Waals surface area contributed by atoms with Crippen LogP contribution in [0.25, 0.3) is 0 Å². The zero-order chi connectivity index (χ0) is 15.4. The van der Waals surface area contributed by atoms with Crippen LogP contribution >= 0.6 is 0 Å². The van der Waals surface area contributed by atoms with Gasteiger partial charge in [-0.3, -0.25) is 15.2 Å². The van der Waals surface area contributed by atoms with Gasteiger partial charge in [0.15, 0.2) is 5.82 Å². The molecule has 2 aromatic rings. The molecule has 0 saturated carbocycles. The molecule has 0 amide bonds. The van der Waals surface area contributed by atoms with E-state index in [9.17, 15) is 14.9 Å². The van der Waals surface area contributed by atoms with Crippen LogP contribution in [0.5, 0.6) is 0 Å². The first kappa shape index (κ1) is 14.3. The monoisotopic (exact) mass is 291 g/mol. The normalized spacial score (nSPS) is 10.1. The number of aromatic amines is 1. The van der Waals surface area contributed by atoms with E-state index >= 15 is 0 Å². The number of carbonyl (C=O) groups excluding carboxylic acids is 1. The molecule has 0 atom stereocenters. The molecule has 0 spiro atoms. The Hall–Kier alpha value is -3.10. The Morgan fingerprint density at radius 1 is 1.48 bits per heavy atom. The highest BCUT2D eigenvalue weighted by atomic mass is 16.6. The van der Waals surface area contributed by atoms with Crippen LogP contribution in [0.1, 0.15) is 17.3 Å². The summed E-state index contributed by atoms with van der Waals surface area (Å²) in [5, 5.41) is 19.8. The molecule has 9 nitrogen and oxygen atoms in total. The molecule has 2 rings (SSSR count). The lowest BCUT2D eigenvalue weighted by atomic mass is 10.2. The van der Waals surface area contributed by atoms with Crippen molar-refractivity contribution in [1.29, 1.82) is 0 Å². The number of carbonyl (C=O) groups is 1. The van der Waals surface area contributed by atoms with E-state index in [0.717, 1.165) is 0 Å². The number of H-pyrrole nitrogens is 1. The number of nitro groups is 1. The van der Waals surface area contributed by atoms with Gasteiger partial charge in [0.25, 0.3) is 5.69 Å². The first-order chi connectivity index (χ1) is 10.0. The molecule has 110 valence electrons. The number of nitrogens with two attached hydrogens (primary N) is 1. The number of aromatic nitrogens is 2. The number of nitrogen functional groups attached to an aromatic ring is 1. The summed E-state index contributed by atoms with van der Waals surface area (Å²) in [6.45, 7) is 1.89. The van der Waals surface area contributed by atoms with Crippen molar-refractivity contribution in [2.75, 3.05) is 17.7 Å². The Labute approximate surface area is 119 Å². The van der Waals surface area contributed by atoms with Gasteiger partial charge < -0.3 is 15.8 Å². The molecule has 0 unspecified atom stereocenters. The largest absolute Gasteiger partial charge is 0.462 e. The van der Waals surface area contributed by atoms with E-state index in [0.29, 0.717) is 5.69 Å². The second kappa shape index (κ2) is 5.90. The molecule has 9 heteroatoms. The van der Waals surface area contributed by atoms with Gasteiger partial charge in [-0.2, -0.15) is 5.10 Å². The average Bonchev–Trinajstić information content (AvgIpc) is 2.80. The predicted molar refractivity (Wildman–Crippen MR) is 75.3 cm³/mol. The van der Waals surface area contributed by atoms with E-state index in [1.807, 2.05) is 0 Å². The highest BCUT2D eigenvalue weighted by Crippen LogP contribution is 2.24. The molecule has 0 aliphatic carbocycles. The maximum atomic E-state index is 11.8. The van der Waals surface area contributed by atoms with Crippen molar-refractivity contribution in [2.24, 2.45) is 0 Å². The second-order valence-electron chi connectivity index (χ2n) is 4.01. The summed E-state index contributed by atoms with van der Waals surface area (Å²) >= 11 is 0. The van der Waals surface area contributed by atoms with Crippen LogP contribution in [0.4, 0.5) is 23.0 Å². The fourth-order valence-corrected chi connectivity index (χ4v) is 1.66. The highest BCUT2D eigenvalue weighted by molar-refractivity contribution is 6.00. The maximum absolute atomic E-state index is 11.8. The Bertz CT molecular complexity index is 665. The summed E-state index contributed by atoms with van der Waals surface area (Å²) in [6, 6.07) is 5.67. The Morgan fingerprint density at radius 2 is 2.14 bits per heavy atom. The van der Waals surface area contributed by atoms with Crippen LogP contribution < -0.4 is 11.1 Å². The summed E-state index contributed by atoms with van der Waals surface area (Å²) in [4.78, 5) is 21.9. The molecule has 21 heavy (non-hydrogen) atoms. The second-order valence-corrected chi connectivity index (χ2v) is 4.01. The third-order valence-electron chi connectivity index (χ3n) is 2.61. The number of nitrogens with zero attached hydrogens (tertiary/aromatic N) is 2. The number of esters is 1. The molecular formula is C12H13N5O4. The SMILES string of the molecule is CCOC(=O)c1c(Nc2ccc([N+](=O)[O-])cc2)n[nH]c1N. The Morgan fingerprint density at radius 3 is 2.71 bits per heavy atom. The van der Waals surface area contributed by atoms with Gasteiger partial charge in [0, 0.05) is 17.8 Å². The molecule has 0 bridgehead atoms. The molecule has 0 aliphatic rings. The minimum atomic E-state index is -0.604. The zero-order valence-electron chi connectivity index (χ0n) is 11.1. The summed E-state index contributed by atoms with van der Waals surface area (Å²) < 4.78 is 4.89. The van der Waals surface area contributed by atoms with E-state index in [1.165, 1.54) is 24.3 Å². The Kier molecular flexibility index (Phi) is 4.02. The number of hydrogen-bond acceptors (Lipinski definition) is 7. The topological polar surface area (TPSA) is 136 Å². The first-order valence-corrected chi connectivity index (χ1v) is 6.05. The quantitative estimate of drug-likeness (QED) is 0.434. The first-order valence-electron chi connectivity index (χ1n) is 6.05. The molecule has 1 heterocycles. The standard InChI is InChI=1S/C12H13N5O4/c1-2-21-12(18)9-10(13)15-16-11(9)14-7-3-5-8(6-4-7)17(19)20/h3-6H,2H2,1H3,(H4,13,14,15,16). The van der Waals surface area contributed by atoms with Crippen molar-refractivity contribution in [3.8, 4) is 0 Å². The molecule has 0 aliphatic heterocycles. The number of rotatable bonds is 5. The van der Waals surface area contributed by atoms with Crippen molar-refractivity contribution in [3.63, 3.8) is 0 Å². The molecule has 1 aromatic carbocycles. The zero-order valence-corrected chi connectivity index (χ0v) is 11.1. The summed E-state index contributed by atoms with van der Waals surface area (Å²) in [5.41, 5.74) is 6.23. The van der Waals surface area contributed by atoms with Gasteiger partial charge in [-0.05, 0) is 19.1 Å². The third kappa shape index (κ3) is 3.08. The van der Waals surface area contributed by atoms with Crippen molar-refractivity contribution in [2.45, 2.75) is 6.92 Å². The van der Waals surface area contributed by atoms with Crippen molar-refractivity contribution < 1.29 is 14.5 Å². The maximum Gasteiger partial charge on any atom is 0.345 e. The fourth-order valence-electron chi connectivity index (χ4n) is 1.66. The minimum absolute atomic E-state index is 0.0345. The number of ether oxygens (including phenoxy) is 1. The van der Waals surface area contributed by atoms with E-state index in [-0.39, 0.29) is 29.5 Å². The number of benzene rings is 1. The van der Waals surface area contributed by atoms with Crippen molar-refractivity contribution in [3.05, 3.63) is 39.9 Å². The smallest absolute Gasteiger partial charge is 0.345 e. The lowest BCUT2D eigenvalue weighted by molar-refractivity contribution is -0.384. The molecule has 0 saturated heterocycles. The average molecular weight is 291 g/mol. The minimum Gasteiger partial charge on any atom is -0.462 e. The number of hydrogen-bond donors (Lipinski definition) is 3. The fraction of sp³-hybridized carbons (Fsp3) is 0.167. The van der Waals surface area contributed by atoms with Crippen LogP contribution in [0.15, 0.2) is 24.3 Å². The number of non-ortho nitro benzene ring substituents is 1. The van der Waals surface area contributed by atoms with E-state index in [2.05, 4.69) is 15.5 Å². The van der Waals surface area contributed by atoms with Gasteiger partial charge in [0.05, 0.1) is 11.5 Å². The van der Waals surface area contributed by atoms with Crippen molar-refractivity contribution >= 4 is 29.0 Å². The number of anilines is 3. The van der Waals surface area contributed by atoms with Crippen LogP contribution in [0.2, 0.25) is 0 Å². The van der Waals surface area contributed by atoms with Crippen LogP contribution in [0, 0.1) is 10.1 Å². The van der Waals surface area contributed by atoms with Gasteiger partial charge in [-0.25, -0.2) is 4.79 Å². The van der Waals surface area contributed by atoms with Crippen LogP contribution in [-0.4, -0.2) is 27.7 Å². The van der Waals surface area contributed by atoms with Gasteiger partial charge in [0.1, 0.15) is 11.4 Å². The molecule has 0 fully saturated rings. The van der Waals surface area contributed by atoms with Gasteiger partial charge in [-0.15, -0.1) is 0 Å². The highest BCUT2D eigenvalue weighted by Gasteiger charge is 2.20. The molecule has 1 aromatic heterocycles. The number of nitro benzene ring substituents is 1. The van der Waals surface area contributed by atoms with Crippen molar-refractivity contribution in [1.82, 2.24) is 10.2 Å². The van der Waals surface area contributed by atoms with Gasteiger partial charge in [0.2, 0.25) is 0 Å². The number of nitrogens with one attached hydrogen (secondary N) is 2. The van der Waals surface area contributed by atoms with Crippen LogP contribution in [-0.2, 0) is 4.74 Å². The summed E-state index contributed by atoms with van der Waals surface area (Å²) in [7, 11) is 0. The van der Waals surface area contributed by atoms with E-state index < -0.39 is 10.9 Å². The van der Waals surface area contributed by atoms with E-state index in [1.54, 1.807) is 6.92 Å². The Balaban J connectivity index is 2.23. The summed E-state index contributed by atoms with van der Waals surface area (Å²) in [6.07, 6.45) is 0. The van der Waals surface area contributed by atoms with E-state index in [4.69, 9.17) is 10.5 Å². The predicted octanol–water partition coefficient (Wildman–Crippen LogP) is 1.82. The van der Waals surface area contributed by atoms with Gasteiger partial charge in [-0.1, -0.05) is 0 Å². The summed E-state index contributed by atoms with van der Waals surface area (Å²) in [5.74, 6) is -0.328. The molecule has 4 N–H and O–H groups in total. The lowest BCUT2D eigenvalue weighted by Gasteiger charge is -2.06. The lowest BCUT2D eigenvalue weighted by Crippen LogP contribution is -2.09. The molecular weight excluding hydrogens is 278 g/mol. The third-order valence-corrected chi connectivity index (χ3v) is 2.61. The molecule has 0 radical (unpaired) electrons. The van der Waals surface area contributed by atoms with Gasteiger partial charge >= 0.3 is 5.97 Å². The van der Waals surface area contributed by atoms with Crippen LogP contribution in [0.3, 0.4) is 0 Å².